The molecule has 3 atom stereocenters. The van der Waals surface area contributed by atoms with E-state index in [1.54, 1.807) is 0 Å². The lowest BCUT2D eigenvalue weighted by atomic mass is 9.83. The summed E-state index contributed by atoms with van der Waals surface area (Å²) < 4.78 is 5.44. The average molecular weight is 254 g/mol. The fourth-order valence-corrected chi connectivity index (χ4v) is 2.89. The second-order valence-electron chi connectivity index (χ2n) is 7.08. The van der Waals surface area contributed by atoms with Crippen molar-refractivity contribution >= 4 is 6.09 Å². The fraction of sp³-hybridized carbons (Fsp3) is 0.929. The third-order valence-electron chi connectivity index (χ3n) is 4.35. The maximum atomic E-state index is 12.1. The van der Waals surface area contributed by atoms with E-state index < -0.39 is 5.60 Å². The Morgan fingerprint density at radius 3 is 2.56 bits per heavy atom. The fourth-order valence-electron chi connectivity index (χ4n) is 2.89. The Hall–Kier alpha value is -0.770. The number of hydrogen-bond acceptors (Lipinski definition) is 3. The van der Waals surface area contributed by atoms with Crippen molar-refractivity contribution in [2.45, 2.75) is 58.6 Å². The molecule has 0 aromatic rings. The molecule has 1 amide bonds. The molecule has 0 spiro atoms. The van der Waals surface area contributed by atoms with Gasteiger partial charge in [0.1, 0.15) is 5.60 Å². The zero-order valence-corrected chi connectivity index (χ0v) is 12.0. The quantitative estimate of drug-likeness (QED) is 0.781. The summed E-state index contributed by atoms with van der Waals surface area (Å²) in [6.07, 6.45) is 3.17. The summed E-state index contributed by atoms with van der Waals surface area (Å²) in [7, 11) is 0. The molecule has 0 bridgehead atoms. The molecule has 2 aliphatic rings. The van der Waals surface area contributed by atoms with Crippen LogP contribution in [0.1, 0.15) is 47.0 Å². The zero-order chi connectivity index (χ0) is 13.6. The Balaban J connectivity index is 1.93. The lowest BCUT2D eigenvalue weighted by Gasteiger charge is -2.37. The van der Waals surface area contributed by atoms with E-state index in [1.165, 1.54) is 6.42 Å². The molecule has 0 radical (unpaired) electrons. The minimum absolute atomic E-state index is 0.176. The first-order valence-electron chi connectivity index (χ1n) is 6.96. The molecule has 1 saturated carbocycles. The van der Waals surface area contributed by atoms with Crippen LogP contribution in [0.15, 0.2) is 0 Å². The number of carbonyl (C=O) groups excluding carboxylic acids is 1. The van der Waals surface area contributed by atoms with E-state index >= 15 is 0 Å². The number of amides is 1. The third-order valence-corrected chi connectivity index (χ3v) is 4.35. The topological polar surface area (TPSA) is 55.6 Å². The van der Waals surface area contributed by atoms with E-state index in [-0.39, 0.29) is 11.5 Å². The molecule has 0 aromatic heterocycles. The summed E-state index contributed by atoms with van der Waals surface area (Å²) in [5.41, 5.74) is 5.86. The minimum Gasteiger partial charge on any atom is -0.444 e. The van der Waals surface area contributed by atoms with Gasteiger partial charge in [-0.2, -0.15) is 0 Å². The first-order valence-corrected chi connectivity index (χ1v) is 6.96. The average Bonchev–Trinajstić information content (AvgIpc) is 2.86. The van der Waals surface area contributed by atoms with Crippen LogP contribution in [0.3, 0.4) is 0 Å². The molecule has 18 heavy (non-hydrogen) atoms. The lowest BCUT2D eigenvalue weighted by molar-refractivity contribution is 0.0122. The van der Waals surface area contributed by atoms with Gasteiger partial charge in [0.25, 0.3) is 0 Å². The summed E-state index contributed by atoms with van der Waals surface area (Å²) in [4.78, 5) is 13.9. The van der Waals surface area contributed by atoms with Crippen LogP contribution in [0.25, 0.3) is 0 Å². The summed E-state index contributed by atoms with van der Waals surface area (Å²) >= 11 is 0. The van der Waals surface area contributed by atoms with Gasteiger partial charge in [0.15, 0.2) is 0 Å². The minimum atomic E-state index is -0.413. The highest BCUT2D eigenvalue weighted by Gasteiger charge is 2.53. The second kappa shape index (κ2) is 4.41. The van der Waals surface area contributed by atoms with Crippen molar-refractivity contribution in [1.82, 2.24) is 4.90 Å². The number of nitrogens with zero attached hydrogens (tertiary/aromatic N) is 1. The number of piperidine rings is 1. The van der Waals surface area contributed by atoms with Gasteiger partial charge in [-0.3, -0.25) is 0 Å². The normalized spacial score (nSPS) is 36.4. The van der Waals surface area contributed by atoms with E-state index in [4.69, 9.17) is 10.5 Å². The van der Waals surface area contributed by atoms with Gasteiger partial charge in [0, 0.05) is 19.1 Å². The van der Waals surface area contributed by atoms with E-state index in [0.29, 0.717) is 12.0 Å². The van der Waals surface area contributed by atoms with E-state index in [0.717, 1.165) is 25.9 Å². The molecule has 1 heterocycles. The maximum absolute atomic E-state index is 12.1. The number of carbonyl (C=O) groups is 1. The Kier molecular flexibility index (Phi) is 3.34. The Labute approximate surface area is 110 Å². The molecule has 3 unspecified atom stereocenters. The lowest BCUT2D eigenvalue weighted by Crippen LogP contribution is -2.45. The molecule has 0 aromatic carbocycles. The summed E-state index contributed by atoms with van der Waals surface area (Å²) in [6.45, 7) is 9.59. The molecule has 2 fully saturated rings. The molecule has 1 aliphatic heterocycles. The van der Waals surface area contributed by atoms with Gasteiger partial charge in [-0.05, 0) is 51.4 Å². The first kappa shape index (κ1) is 13.7. The number of ether oxygens (including phenoxy) is 1. The molecule has 4 nitrogen and oxygen atoms in total. The van der Waals surface area contributed by atoms with Crippen LogP contribution >= 0.6 is 0 Å². The highest BCUT2D eigenvalue weighted by molar-refractivity contribution is 5.68. The van der Waals surface area contributed by atoms with Gasteiger partial charge in [-0.15, -0.1) is 0 Å². The maximum Gasteiger partial charge on any atom is 0.410 e. The van der Waals surface area contributed by atoms with E-state index in [1.807, 2.05) is 25.7 Å². The van der Waals surface area contributed by atoms with Crippen LogP contribution in [0.2, 0.25) is 0 Å². The number of rotatable bonds is 1. The number of nitrogens with two attached hydrogens (primary N) is 1. The third kappa shape index (κ3) is 2.79. The largest absolute Gasteiger partial charge is 0.444 e. The van der Waals surface area contributed by atoms with E-state index in [9.17, 15) is 4.79 Å². The molecule has 1 saturated heterocycles. The van der Waals surface area contributed by atoms with Crippen LogP contribution in [-0.2, 0) is 4.74 Å². The Morgan fingerprint density at radius 2 is 2.06 bits per heavy atom. The summed E-state index contributed by atoms with van der Waals surface area (Å²) in [6, 6.07) is 0.320. The van der Waals surface area contributed by atoms with Crippen molar-refractivity contribution in [3.63, 3.8) is 0 Å². The van der Waals surface area contributed by atoms with Gasteiger partial charge >= 0.3 is 6.09 Å². The van der Waals surface area contributed by atoms with Crippen LogP contribution in [-0.4, -0.2) is 35.7 Å². The van der Waals surface area contributed by atoms with Crippen LogP contribution in [0.4, 0.5) is 4.79 Å². The predicted octanol–water partition coefficient (Wildman–Crippen LogP) is 2.37. The highest BCUT2D eigenvalue weighted by Crippen LogP contribution is 2.52. The van der Waals surface area contributed by atoms with Gasteiger partial charge in [-0.25, -0.2) is 4.79 Å². The van der Waals surface area contributed by atoms with Gasteiger partial charge in [-0.1, -0.05) is 6.92 Å². The van der Waals surface area contributed by atoms with Gasteiger partial charge in [0.2, 0.25) is 0 Å². The molecule has 104 valence electrons. The SMILES string of the molecule is CC(C)(C)OC(=O)N1CCCC(C2(C)CC2N)C1. The monoisotopic (exact) mass is 254 g/mol. The van der Waals surface area contributed by atoms with E-state index in [2.05, 4.69) is 6.92 Å². The summed E-state index contributed by atoms with van der Waals surface area (Å²) in [5.74, 6) is 0.536. The zero-order valence-electron chi connectivity index (χ0n) is 12.0. The molecule has 2 rings (SSSR count). The summed E-state index contributed by atoms with van der Waals surface area (Å²) in [5, 5.41) is 0. The highest BCUT2D eigenvalue weighted by atomic mass is 16.6. The molecular formula is C14H26N2O2. The molecule has 1 aliphatic carbocycles. The van der Waals surface area contributed by atoms with Crippen LogP contribution < -0.4 is 5.73 Å². The van der Waals surface area contributed by atoms with Crippen molar-refractivity contribution < 1.29 is 9.53 Å². The predicted molar refractivity (Wildman–Crippen MR) is 71.2 cm³/mol. The van der Waals surface area contributed by atoms with Crippen molar-refractivity contribution in [3.8, 4) is 0 Å². The second-order valence-corrected chi connectivity index (χ2v) is 7.08. The van der Waals surface area contributed by atoms with Gasteiger partial charge in [0.05, 0.1) is 0 Å². The number of likely N-dealkylation sites (tertiary alicyclic amines) is 1. The smallest absolute Gasteiger partial charge is 0.410 e. The first-order chi connectivity index (χ1) is 8.22. The molecule has 2 N–H and O–H groups in total. The van der Waals surface area contributed by atoms with Crippen LogP contribution in [0.5, 0.6) is 0 Å². The number of hydrogen-bond donors (Lipinski definition) is 1. The Bertz CT molecular complexity index is 337. The van der Waals surface area contributed by atoms with Crippen molar-refractivity contribution in [3.05, 3.63) is 0 Å². The van der Waals surface area contributed by atoms with Crippen molar-refractivity contribution in [1.29, 1.82) is 0 Å². The van der Waals surface area contributed by atoms with Crippen LogP contribution in [0, 0.1) is 11.3 Å². The standard InChI is InChI=1S/C14H26N2O2/c1-13(2,3)18-12(17)16-7-5-6-10(9-16)14(4)8-11(14)15/h10-11H,5-9,15H2,1-4H3. The van der Waals surface area contributed by atoms with Crippen molar-refractivity contribution in [2.75, 3.05) is 13.1 Å². The molecular weight excluding hydrogens is 228 g/mol. The van der Waals surface area contributed by atoms with Crippen molar-refractivity contribution in [2.24, 2.45) is 17.1 Å². The van der Waals surface area contributed by atoms with Gasteiger partial charge < -0.3 is 15.4 Å². The Morgan fingerprint density at radius 1 is 1.44 bits per heavy atom. The molecule has 4 heteroatoms.